The van der Waals surface area contributed by atoms with E-state index in [1.165, 1.54) is 12.8 Å². The molecule has 0 bridgehead atoms. The van der Waals surface area contributed by atoms with Gasteiger partial charge in [0.1, 0.15) is 0 Å². The van der Waals surface area contributed by atoms with Gasteiger partial charge in [0.25, 0.3) is 0 Å². The fourth-order valence-electron chi connectivity index (χ4n) is 2.21. The van der Waals surface area contributed by atoms with Crippen molar-refractivity contribution < 1.29 is 4.52 Å². The van der Waals surface area contributed by atoms with Crippen LogP contribution in [0, 0.1) is 12.8 Å². The molecular formula is C12H21N5O. The minimum atomic E-state index is 0.596. The zero-order valence-corrected chi connectivity index (χ0v) is 11.1. The van der Waals surface area contributed by atoms with Crippen molar-refractivity contribution in [1.29, 1.82) is 0 Å². The van der Waals surface area contributed by atoms with Gasteiger partial charge in [-0.3, -0.25) is 4.99 Å². The van der Waals surface area contributed by atoms with E-state index in [2.05, 4.69) is 27.0 Å². The summed E-state index contributed by atoms with van der Waals surface area (Å²) < 4.78 is 5.02. The fraction of sp³-hybridized carbons (Fsp3) is 0.750. The maximum Gasteiger partial charge on any atom is 0.228 e. The van der Waals surface area contributed by atoms with Crippen molar-refractivity contribution in [3.8, 4) is 0 Å². The van der Waals surface area contributed by atoms with E-state index in [0.717, 1.165) is 13.1 Å². The number of guanidine groups is 1. The number of hydrogen-bond acceptors (Lipinski definition) is 4. The molecule has 2 heterocycles. The number of piperidine rings is 1. The molecule has 2 N–H and O–H groups in total. The number of likely N-dealkylation sites (tertiary alicyclic amines) is 1. The fourth-order valence-corrected chi connectivity index (χ4v) is 2.21. The lowest BCUT2D eigenvalue weighted by molar-refractivity contribution is 0.270. The smallest absolute Gasteiger partial charge is 0.228 e. The highest BCUT2D eigenvalue weighted by molar-refractivity contribution is 5.78. The van der Waals surface area contributed by atoms with E-state index in [1.54, 1.807) is 6.92 Å². The standard InChI is InChI=1S/C12H21N5O/c1-9-4-3-7-17(8-9)12(13)14-6-5-11-15-10(2)16-18-11/h9H,3-8H2,1-2H3,(H2,13,14). The van der Waals surface area contributed by atoms with Crippen molar-refractivity contribution in [2.24, 2.45) is 16.6 Å². The van der Waals surface area contributed by atoms with Gasteiger partial charge in [-0.1, -0.05) is 12.1 Å². The number of hydrogen-bond donors (Lipinski definition) is 1. The van der Waals surface area contributed by atoms with E-state index in [0.29, 0.717) is 36.6 Å². The molecule has 1 atom stereocenters. The monoisotopic (exact) mass is 251 g/mol. The average molecular weight is 251 g/mol. The van der Waals surface area contributed by atoms with Crippen molar-refractivity contribution in [1.82, 2.24) is 15.0 Å². The van der Waals surface area contributed by atoms with E-state index in [9.17, 15) is 0 Å². The van der Waals surface area contributed by atoms with Crippen LogP contribution in [-0.2, 0) is 6.42 Å². The lowest BCUT2D eigenvalue weighted by atomic mass is 10.0. The number of nitrogens with zero attached hydrogens (tertiary/aromatic N) is 4. The summed E-state index contributed by atoms with van der Waals surface area (Å²) in [7, 11) is 0. The van der Waals surface area contributed by atoms with Crippen LogP contribution in [0.1, 0.15) is 31.5 Å². The SMILES string of the molecule is Cc1noc(CCN=C(N)N2CCCC(C)C2)n1. The Morgan fingerprint density at radius 3 is 3.11 bits per heavy atom. The van der Waals surface area contributed by atoms with Crippen molar-refractivity contribution in [3.63, 3.8) is 0 Å². The normalized spacial score (nSPS) is 21.3. The molecule has 0 radical (unpaired) electrons. The van der Waals surface area contributed by atoms with Crippen LogP contribution in [0.4, 0.5) is 0 Å². The second-order valence-electron chi connectivity index (χ2n) is 4.92. The number of aliphatic imine (C=N–C) groups is 1. The third-order valence-corrected chi connectivity index (χ3v) is 3.15. The van der Waals surface area contributed by atoms with Gasteiger partial charge < -0.3 is 15.2 Å². The molecule has 18 heavy (non-hydrogen) atoms. The zero-order chi connectivity index (χ0) is 13.0. The topological polar surface area (TPSA) is 80.5 Å². The minimum absolute atomic E-state index is 0.596. The van der Waals surface area contributed by atoms with E-state index in [1.807, 2.05) is 0 Å². The Balaban J connectivity index is 1.81. The second kappa shape index (κ2) is 5.84. The van der Waals surface area contributed by atoms with E-state index < -0.39 is 0 Å². The molecule has 0 aromatic carbocycles. The van der Waals surface area contributed by atoms with E-state index >= 15 is 0 Å². The molecule has 2 rings (SSSR count). The number of nitrogens with two attached hydrogens (primary N) is 1. The van der Waals surface area contributed by atoms with Crippen LogP contribution in [0.5, 0.6) is 0 Å². The zero-order valence-electron chi connectivity index (χ0n) is 11.1. The summed E-state index contributed by atoms with van der Waals surface area (Å²) in [6, 6.07) is 0. The first-order valence-electron chi connectivity index (χ1n) is 6.49. The Labute approximate surface area is 107 Å². The lowest BCUT2D eigenvalue weighted by Crippen LogP contribution is -2.43. The third kappa shape index (κ3) is 3.45. The first kappa shape index (κ1) is 12.9. The predicted molar refractivity (Wildman–Crippen MR) is 69.2 cm³/mol. The summed E-state index contributed by atoms with van der Waals surface area (Å²) >= 11 is 0. The van der Waals surface area contributed by atoms with Crippen LogP contribution >= 0.6 is 0 Å². The van der Waals surface area contributed by atoms with Gasteiger partial charge in [0.15, 0.2) is 11.8 Å². The number of aromatic nitrogens is 2. The molecule has 6 nitrogen and oxygen atoms in total. The molecule has 0 amide bonds. The summed E-state index contributed by atoms with van der Waals surface area (Å²) in [5.74, 6) is 2.62. The quantitative estimate of drug-likeness (QED) is 0.639. The van der Waals surface area contributed by atoms with E-state index in [4.69, 9.17) is 10.3 Å². The molecule has 0 saturated carbocycles. The van der Waals surface area contributed by atoms with Crippen LogP contribution in [0.3, 0.4) is 0 Å². The summed E-state index contributed by atoms with van der Waals surface area (Å²) in [6.07, 6.45) is 3.12. The number of rotatable bonds is 3. The summed E-state index contributed by atoms with van der Waals surface area (Å²) in [5.41, 5.74) is 5.99. The first-order chi connectivity index (χ1) is 8.65. The molecule has 1 unspecified atom stereocenters. The van der Waals surface area contributed by atoms with Crippen LogP contribution in [0.15, 0.2) is 9.52 Å². The largest absolute Gasteiger partial charge is 0.370 e. The van der Waals surface area contributed by atoms with Crippen molar-refractivity contribution >= 4 is 5.96 Å². The van der Waals surface area contributed by atoms with Crippen molar-refractivity contribution in [2.75, 3.05) is 19.6 Å². The highest BCUT2D eigenvalue weighted by Crippen LogP contribution is 2.14. The van der Waals surface area contributed by atoms with Gasteiger partial charge in [0.2, 0.25) is 5.89 Å². The maximum absolute atomic E-state index is 5.99. The first-order valence-corrected chi connectivity index (χ1v) is 6.49. The highest BCUT2D eigenvalue weighted by Gasteiger charge is 2.17. The van der Waals surface area contributed by atoms with Crippen molar-refractivity contribution in [2.45, 2.75) is 33.1 Å². The second-order valence-corrected chi connectivity index (χ2v) is 4.92. The van der Waals surface area contributed by atoms with Gasteiger partial charge in [-0.15, -0.1) is 0 Å². The van der Waals surface area contributed by atoms with Crippen LogP contribution < -0.4 is 5.73 Å². The van der Waals surface area contributed by atoms with Crippen LogP contribution in [0.25, 0.3) is 0 Å². The molecule has 1 aliphatic rings. The summed E-state index contributed by atoms with van der Waals surface area (Å²) in [5, 5.41) is 3.74. The molecule has 1 aromatic rings. The summed E-state index contributed by atoms with van der Waals surface area (Å²) in [4.78, 5) is 10.7. The average Bonchev–Trinajstić information content (AvgIpc) is 2.75. The molecule has 1 aliphatic heterocycles. The van der Waals surface area contributed by atoms with Gasteiger partial charge in [0.05, 0.1) is 6.54 Å². The number of aryl methyl sites for hydroxylation is 1. The van der Waals surface area contributed by atoms with Gasteiger partial charge >= 0.3 is 0 Å². The van der Waals surface area contributed by atoms with Gasteiger partial charge in [-0.2, -0.15) is 4.98 Å². The van der Waals surface area contributed by atoms with Crippen molar-refractivity contribution in [3.05, 3.63) is 11.7 Å². The van der Waals surface area contributed by atoms with E-state index in [-0.39, 0.29) is 0 Å². The van der Waals surface area contributed by atoms with Gasteiger partial charge in [0, 0.05) is 19.5 Å². The Kier molecular flexibility index (Phi) is 4.17. The molecule has 0 aliphatic carbocycles. The molecule has 1 saturated heterocycles. The molecule has 6 heteroatoms. The molecular weight excluding hydrogens is 230 g/mol. The van der Waals surface area contributed by atoms with Crippen LogP contribution in [-0.4, -0.2) is 40.6 Å². The summed E-state index contributed by atoms with van der Waals surface area (Å²) in [6.45, 7) is 6.67. The van der Waals surface area contributed by atoms with Crippen LogP contribution in [0.2, 0.25) is 0 Å². The Morgan fingerprint density at radius 1 is 1.61 bits per heavy atom. The third-order valence-electron chi connectivity index (χ3n) is 3.15. The lowest BCUT2D eigenvalue weighted by Gasteiger charge is -2.31. The Bertz CT molecular complexity index is 414. The Morgan fingerprint density at radius 2 is 2.44 bits per heavy atom. The molecule has 0 spiro atoms. The maximum atomic E-state index is 5.99. The van der Waals surface area contributed by atoms with Gasteiger partial charge in [-0.05, 0) is 25.7 Å². The molecule has 1 fully saturated rings. The molecule has 1 aromatic heterocycles. The predicted octanol–water partition coefficient (Wildman–Crippen LogP) is 0.967. The van der Waals surface area contributed by atoms with Gasteiger partial charge in [-0.25, -0.2) is 0 Å². The minimum Gasteiger partial charge on any atom is -0.370 e. The molecule has 100 valence electrons. The highest BCUT2D eigenvalue weighted by atomic mass is 16.5. The Hall–Kier alpha value is -1.59.